The summed E-state index contributed by atoms with van der Waals surface area (Å²) in [5.41, 5.74) is 1.63. The second-order valence-corrected chi connectivity index (χ2v) is 8.02. The number of amides is 1. The molecule has 9 heteroatoms. The van der Waals surface area contributed by atoms with Gasteiger partial charge in [-0.15, -0.1) is 5.10 Å². The number of aryl methyl sites for hydroxylation is 1. The normalized spacial score (nSPS) is 24.3. The first-order chi connectivity index (χ1) is 14.5. The van der Waals surface area contributed by atoms with Gasteiger partial charge < -0.3 is 19.9 Å². The zero-order chi connectivity index (χ0) is 21.0. The van der Waals surface area contributed by atoms with Crippen LogP contribution in [-0.4, -0.2) is 61.8 Å². The molecule has 2 aromatic heterocycles. The molecule has 4 heterocycles. The van der Waals surface area contributed by atoms with Crippen LogP contribution < -0.4 is 10.1 Å². The van der Waals surface area contributed by atoms with Gasteiger partial charge in [-0.25, -0.2) is 4.98 Å². The first kappa shape index (κ1) is 18.5. The Morgan fingerprint density at radius 3 is 2.87 bits per heavy atom. The van der Waals surface area contributed by atoms with Gasteiger partial charge in [-0.1, -0.05) is 13.2 Å². The molecule has 1 amide bonds. The minimum Gasteiger partial charge on any atom is -0.478 e. The van der Waals surface area contributed by atoms with Crippen LogP contribution in [0, 0.1) is 17.8 Å². The van der Waals surface area contributed by atoms with E-state index in [0.29, 0.717) is 23.6 Å². The second kappa shape index (κ2) is 6.79. The van der Waals surface area contributed by atoms with Gasteiger partial charge in [-0.3, -0.25) is 14.0 Å². The highest BCUT2D eigenvalue weighted by Crippen LogP contribution is 2.52. The summed E-state index contributed by atoms with van der Waals surface area (Å²) in [5.74, 6) is 3.87. The number of hydrogen-bond acceptors (Lipinski definition) is 6. The molecule has 1 saturated heterocycles. The quantitative estimate of drug-likeness (QED) is 0.734. The molecule has 0 bridgehead atoms. The number of nitrogens with one attached hydrogen (secondary N) is 1. The van der Waals surface area contributed by atoms with E-state index in [1.807, 2.05) is 28.9 Å². The summed E-state index contributed by atoms with van der Waals surface area (Å²) in [6.45, 7) is 10.4. The molecule has 2 aromatic rings. The maximum absolute atomic E-state index is 11.8. The molecule has 2 aliphatic heterocycles. The minimum atomic E-state index is 0.0307. The van der Waals surface area contributed by atoms with Crippen LogP contribution in [0.1, 0.15) is 5.82 Å². The van der Waals surface area contributed by atoms with E-state index in [2.05, 4.69) is 39.7 Å². The number of aromatic nitrogens is 4. The number of ether oxygens (including phenoxy) is 1. The molecule has 5 rings (SSSR count). The number of likely N-dealkylation sites (tertiary alicyclic amines) is 1. The molecule has 2 fully saturated rings. The van der Waals surface area contributed by atoms with Crippen LogP contribution in [0.4, 0.5) is 5.69 Å². The van der Waals surface area contributed by atoms with Crippen LogP contribution in [0.2, 0.25) is 0 Å². The Morgan fingerprint density at radius 1 is 1.40 bits per heavy atom. The largest absolute Gasteiger partial charge is 0.478 e. The molecule has 0 spiro atoms. The average Bonchev–Trinajstić information content (AvgIpc) is 3.21. The Kier molecular flexibility index (Phi) is 4.19. The van der Waals surface area contributed by atoms with Crippen molar-refractivity contribution in [1.29, 1.82) is 0 Å². The standard InChI is InChI=1S/C21H25N7O2/c1-5-19(29)27-9-15-14(16(15)10-27)8-26-12-17(20-22-6-7-28(20)13(26)2)23-18-11-25(3)24-21(18)30-4/h5-7,11-12,14-16,23H,1-2,8-10H2,3-4H3. The fourth-order valence-corrected chi connectivity index (χ4v) is 4.69. The number of nitrogens with zero attached hydrogens (tertiary/aromatic N) is 6. The summed E-state index contributed by atoms with van der Waals surface area (Å²) in [6.07, 6.45) is 9.01. The van der Waals surface area contributed by atoms with Gasteiger partial charge in [-0.05, 0) is 23.8 Å². The molecule has 2 unspecified atom stereocenters. The lowest BCUT2D eigenvalue weighted by atomic mass is 10.2. The predicted molar refractivity (Wildman–Crippen MR) is 113 cm³/mol. The van der Waals surface area contributed by atoms with Gasteiger partial charge in [0.25, 0.3) is 5.88 Å². The maximum atomic E-state index is 11.8. The zero-order valence-electron chi connectivity index (χ0n) is 17.2. The molecular weight excluding hydrogens is 382 g/mol. The van der Waals surface area contributed by atoms with Crippen LogP contribution in [0.15, 0.2) is 44.0 Å². The summed E-state index contributed by atoms with van der Waals surface area (Å²) in [4.78, 5) is 20.4. The van der Waals surface area contributed by atoms with E-state index in [-0.39, 0.29) is 5.91 Å². The average molecular weight is 407 g/mol. The van der Waals surface area contributed by atoms with E-state index < -0.39 is 0 Å². The van der Waals surface area contributed by atoms with E-state index >= 15 is 0 Å². The van der Waals surface area contributed by atoms with Gasteiger partial charge in [0.1, 0.15) is 11.5 Å². The molecule has 0 aromatic carbocycles. The van der Waals surface area contributed by atoms with Gasteiger partial charge in [0, 0.05) is 45.3 Å². The van der Waals surface area contributed by atoms with Crippen LogP contribution in [-0.2, 0) is 11.8 Å². The Labute approximate surface area is 174 Å². The lowest BCUT2D eigenvalue weighted by Gasteiger charge is -2.31. The number of hydrogen-bond donors (Lipinski definition) is 1. The Morgan fingerprint density at radius 2 is 2.17 bits per heavy atom. The Balaban J connectivity index is 1.35. The summed E-state index contributed by atoms with van der Waals surface area (Å²) < 4.78 is 9.06. The predicted octanol–water partition coefficient (Wildman–Crippen LogP) is 1.67. The molecule has 156 valence electrons. The molecule has 1 saturated carbocycles. The monoisotopic (exact) mass is 407 g/mol. The summed E-state index contributed by atoms with van der Waals surface area (Å²) >= 11 is 0. The van der Waals surface area contributed by atoms with Crippen molar-refractivity contribution in [2.45, 2.75) is 0 Å². The summed E-state index contributed by atoms with van der Waals surface area (Å²) in [7, 11) is 3.45. The third kappa shape index (κ3) is 2.89. The molecule has 3 aliphatic rings. The third-order valence-electron chi connectivity index (χ3n) is 6.30. The lowest BCUT2D eigenvalue weighted by Crippen LogP contribution is -2.33. The van der Waals surface area contributed by atoms with Crippen molar-refractivity contribution in [2.75, 3.05) is 32.1 Å². The molecule has 9 nitrogen and oxygen atoms in total. The lowest BCUT2D eigenvalue weighted by molar-refractivity contribution is -0.125. The third-order valence-corrected chi connectivity index (χ3v) is 6.30. The second-order valence-electron chi connectivity index (χ2n) is 8.02. The van der Waals surface area contributed by atoms with E-state index in [9.17, 15) is 4.79 Å². The van der Waals surface area contributed by atoms with Crippen LogP contribution in [0.5, 0.6) is 5.88 Å². The first-order valence-electron chi connectivity index (χ1n) is 9.97. The molecule has 1 N–H and O–H groups in total. The van der Waals surface area contributed by atoms with Gasteiger partial charge in [-0.2, -0.15) is 0 Å². The van der Waals surface area contributed by atoms with Crippen LogP contribution in [0.25, 0.3) is 11.5 Å². The van der Waals surface area contributed by atoms with Crippen molar-refractivity contribution in [3.63, 3.8) is 0 Å². The van der Waals surface area contributed by atoms with Crippen LogP contribution in [0.3, 0.4) is 0 Å². The highest BCUT2D eigenvalue weighted by molar-refractivity contribution is 5.87. The first-order valence-corrected chi connectivity index (χ1v) is 9.97. The number of anilines is 1. The smallest absolute Gasteiger partial charge is 0.256 e. The van der Waals surface area contributed by atoms with E-state index in [4.69, 9.17) is 4.74 Å². The van der Waals surface area contributed by atoms with Gasteiger partial charge in [0.05, 0.1) is 19.0 Å². The van der Waals surface area contributed by atoms with Crippen molar-refractivity contribution in [2.24, 2.45) is 24.8 Å². The number of fused-ring (bicyclic) bond motifs is 2. The Bertz CT molecular complexity index is 1050. The maximum Gasteiger partial charge on any atom is 0.256 e. The number of imidazole rings is 1. The van der Waals surface area contributed by atoms with Crippen molar-refractivity contribution < 1.29 is 9.53 Å². The number of piperidine rings is 1. The number of carbonyl (C=O) groups excluding carboxylic acids is 1. The summed E-state index contributed by atoms with van der Waals surface area (Å²) in [6, 6.07) is 0. The topological polar surface area (TPSA) is 80.5 Å². The Hall–Kier alpha value is -3.49. The highest BCUT2D eigenvalue weighted by atomic mass is 16.5. The molecule has 1 aliphatic carbocycles. The van der Waals surface area contributed by atoms with Gasteiger partial charge in [0.2, 0.25) is 5.91 Å². The number of methoxy groups -OCH3 is 1. The van der Waals surface area contributed by atoms with E-state index in [1.165, 1.54) is 6.08 Å². The minimum absolute atomic E-state index is 0.0307. The van der Waals surface area contributed by atoms with Gasteiger partial charge >= 0.3 is 0 Å². The van der Waals surface area contributed by atoms with Crippen molar-refractivity contribution in [3.8, 4) is 5.88 Å². The highest BCUT2D eigenvalue weighted by Gasteiger charge is 2.56. The zero-order valence-corrected chi connectivity index (χ0v) is 17.2. The van der Waals surface area contributed by atoms with Crippen molar-refractivity contribution >= 4 is 23.1 Å². The number of rotatable bonds is 6. The molecular formula is C21H25N7O2. The van der Waals surface area contributed by atoms with Crippen LogP contribution >= 0.6 is 0 Å². The molecule has 0 radical (unpaired) electrons. The van der Waals surface area contributed by atoms with E-state index in [0.717, 1.165) is 42.7 Å². The molecule has 2 atom stereocenters. The fourth-order valence-electron chi connectivity index (χ4n) is 4.69. The fraction of sp³-hybridized carbons (Fsp3) is 0.381. The van der Waals surface area contributed by atoms with Crippen molar-refractivity contribution in [3.05, 3.63) is 49.8 Å². The van der Waals surface area contributed by atoms with E-state index in [1.54, 1.807) is 18.0 Å². The number of carbonyl (C=O) groups is 1. The molecule has 30 heavy (non-hydrogen) atoms. The van der Waals surface area contributed by atoms with Crippen molar-refractivity contribution in [1.82, 2.24) is 29.1 Å². The SMILES string of the molecule is C=CC(=O)N1CC2C(CN3C=C(Nc4cn(C)nc4OC)c4nccn4C3=C)C2C1. The van der Waals surface area contributed by atoms with Gasteiger partial charge in [0.15, 0.2) is 5.82 Å². The summed E-state index contributed by atoms with van der Waals surface area (Å²) in [5, 5.41) is 7.72.